The van der Waals surface area contributed by atoms with E-state index in [9.17, 15) is 4.79 Å². The predicted octanol–water partition coefficient (Wildman–Crippen LogP) is 1.83. The molecule has 0 radical (unpaired) electrons. The molecule has 1 aliphatic rings. The van der Waals surface area contributed by atoms with Crippen molar-refractivity contribution >= 4 is 29.9 Å². The van der Waals surface area contributed by atoms with E-state index in [0.717, 1.165) is 77.0 Å². The molecule has 7 nitrogen and oxygen atoms in total. The van der Waals surface area contributed by atoms with Crippen molar-refractivity contribution in [3.8, 4) is 0 Å². The van der Waals surface area contributed by atoms with Gasteiger partial charge >= 0.3 is 0 Å². The first-order valence-electron chi connectivity index (χ1n) is 10.1. The number of morpholine rings is 1. The fourth-order valence-electron chi connectivity index (χ4n) is 3.21. The van der Waals surface area contributed by atoms with Gasteiger partial charge in [0.05, 0.1) is 19.8 Å². The zero-order valence-corrected chi connectivity index (χ0v) is 19.8. The Kier molecular flexibility index (Phi) is 12.4. The standard InChI is InChI=1S/C20H35N5O2.HI/c1-4-21-20(23-16-18(3)24-12-14-27-15-13-24)22-10-5-6-11-25-17(2)8-7-9-19(25)26;/h7-9,18H,4-6,10-16H2,1-3H3,(H2,21,22,23);1H. The highest BCUT2D eigenvalue weighted by Gasteiger charge is 2.16. The molecule has 0 aliphatic carbocycles. The van der Waals surface area contributed by atoms with E-state index in [-0.39, 0.29) is 29.5 Å². The number of rotatable bonds is 9. The Labute approximate surface area is 186 Å². The number of aryl methyl sites for hydroxylation is 1. The Morgan fingerprint density at radius 3 is 2.68 bits per heavy atom. The molecular weight excluding hydrogens is 469 g/mol. The highest BCUT2D eigenvalue weighted by Crippen LogP contribution is 2.04. The molecule has 1 fully saturated rings. The first-order chi connectivity index (χ1) is 13.1. The first kappa shape index (κ1) is 24.9. The maximum atomic E-state index is 11.9. The summed E-state index contributed by atoms with van der Waals surface area (Å²) in [6.45, 7) is 13.1. The van der Waals surface area contributed by atoms with E-state index >= 15 is 0 Å². The highest BCUT2D eigenvalue weighted by atomic mass is 127. The van der Waals surface area contributed by atoms with Gasteiger partial charge in [0.2, 0.25) is 0 Å². The maximum Gasteiger partial charge on any atom is 0.250 e. The van der Waals surface area contributed by atoms with Crippen molar-refractivity contribution in [3.63, 3.8) is 0 Å². The second-order valence-corrected chi connectivity index (χ2v) is 7.01. The lowest BCUT2D eigenvalue weighted by atomic mass is 10.2. The SMILES string of the molecule is CCNC(=NCC(C)N1CCOCC1)NCCCCn1c(C)cccc1=O.I. The lowest BCUT2D eigenvalue weighted by molar-refractivity contribution is 0.0220. The molecule has 160 valence electrons. The van der Waals surface area contributed by atoms with E-state index in [1.54, 1.807) is 6.07 Å². The van der Waals surface area contributed by atoms with Gasteiger partial charge in [-0.1, -0.05) is 6.07 Å². The van der Waals surface area contributed by atoms with Crippen LogP contribution < -0.4 is 16.2 Å². The van der Waals surface area contributed by atoms with Gasteiger partial charge in [-0.15, -0.1) is 24.0 Å². The summed E-state index contributed by atoms with van der Waals surface area (Å²) in [4.78, 5) is 19.0. The second-order valence-electron chi connectivity index (χ2n) is 7.01. The monoisotopic (exact) mass is 505 g/mol. The normalized spacial score (nSPS) is 16.3. The fourth-order valence-corrected chi connectivity index (χ4v) is 3.21. The second kappa shape index (κ2) is 13.9. The molecule has 1 saturated heterocycles. The van der Waals surface area contributed by atoms with Crippen molar-refractivity contribution < 1.29 is 4.74 Å². The Morgan fingerprint density at radius 1 is 1.25 bits per heavy atom. The molecule has 0 bridgehead atoms. The molecule has 2 N–H and O–H groups in total. The molecule has 1 atom stereocenters. The van der Waals surface area contributed by atoms with Crippen molar-refractivity contribution in [2.45, 2.75) is 46.2 Å². The summed E-state index contributed by atoms with van der Waals surface area (Å²) >= 11 is 0. The largest absolute Gasteiger partial charge is 0.379 e. The topological polar surface area (TPSA) is 70.9 Å². The Bertz CT molecular complexity index is 644. The molecule has 0 aromatic carbocycles. The van der Waals surface area contributed by atoms with Crippen LogP contribution in [0.15, 0.2) is 28.0 Å². The van der Waals surface area contributed by atoms with Gasteiger partial charge < -0.3 is 19.9 Å². The maximum absolute atomic E-state index is 11.9. The average molecular weight is 505 g/mol. The summed E-state index contributed by atoms with van der Waals surface area (Å²) in [6, 6.07) is 5.83. The zero-order valence-electron chi connectivity index (χ0n) is 17.4. The summed E-state index contributed by atoms with van der Waals surface area (Å²) in [5.41, 5.74) is 1.09. The molecule has 0 saturated carbocycles. The number of nitrogens with one attached hydrogen (secondary N) is 2. The van der Waals surface area contributed by atoms with Crippen molar-refractivity contribution in [2.75, 3.05) is 45.9 Å². The van der Waals surface area contributed by atoms with Crippen molar-refractivity contribution in [1.82, 2.24) is 20.1 Å². The zero-order chi connectivity index (χ0) is 19.5. The number of halogens is 1. The molecule has 0 amide bonds. The number of ether oxygens (including phenoxy) is 1. The third-order valence-corrected chi connectivity index (χ3v) is 4.90. The number of pyridine rings is 1. The molecule has 0 spiro atoms. The third kappa shape index (κ3) is 8.48. The molecule has 1 aromatic heterocycles. The first-order valence-corrected chi connectivity index (χ1v) is 10.1. The lowest BCUT2D eigenvalue weighted by Crippen LogP contribution is -2.44. The van der Waals surface area contributed by atoms with Crippen molar-refractivity contribution in [3.05, 3.63) is 34.2 Å². The van der Waals surface area contributed by atoms with E-state index in [1.807, 2.05) is 23.6 Å². The molecule has 1 aliphatic heterocycles. The van der Waals surface area contributed by atoms with Gasteiger partial charge in [0, 0.05) is 50.5 Å². The van der Waals surface area contributed by atoms with Crippen LogP contribution in [0.5, 0.6) is 0 Å². The van der Waals surface area contributed by atoms with E-state index in [2.05, 4.69) is 29.4 Å². The number of aliphatic imine (C=N–C) groups is 1. The van der Waals surface area contributed by atoms with Crippen LogP contribution in [0.1, 0.15) is 32.4 Å². The predicted molar refractivity (Wildman–Crippen MR) is 126 cm³/mol. The minimum Gasteiger partial charge on any atom is -0.379 e. The van der Waals surface area contributed by atoms with E-state index < -0.39 is 0 Å². The smallest absolute Gasteiger partial charge is 0.250 e. The van der Waals surface area contributed by atoms with Gasteiger partial charge in [-0.25, -0.2) is 0 Å². The number of hydrogen-bond acceptors (Lipinski definition) is 4. The van der Waals surface area contributed by atoms with Crippen LogP contribution >= 0.6 is 24.0 Å². The third-order valence-electron chi connectivity index (χ3n) is 4.90. The molecule has 2 rings (SSSR count). The van der Waals surface area contributed by atoms with Crippen molar-refractivity contribution in [1.29, 1.82) is 0 Å². The number of nitrogens with zero attached hydrogens (tertiary/aromatic N) is 3. The number of hydrogen-bond donors (Lipinski definition) is 2. The van der Waals surface area contributed by atoms with Gasteiger partial charge in [-0.2, -0.15) is 0 Å². The summed E-state index contributed by atoms with van der Waals surface area (Å²) in [5.74, 6) is 0.866. The van der Waals surface area contributed by atoms with Crippen LogP contribution in [0.25, 0.3) is 0 Å². The van der Waals surface area contributed by atoms with E-state index in [4.69, 9.17) is 9.73 Å². The van der Waals surface area contributed by atoms with Crippen LogP contribution in [0, 0.1) is 6.92 Å². The Hall–Kier alpha value is -1.13. The highest BCUT2D eigenvalue weighted by molar-refractivity contribution is 14.0. The molecule has 28 heavy (non-hydrogen) atoms. The van der Waals surface area contributed by atoms with E-state index in [1.165, 1.54) is 0 Å². The van der Waals surface area contributed by atoms with Gasteiger partial charge in [-0.3, -0.25) is 14.7 Å². The lowest BCUT2D eigenvalue weighted by Gasteiger charge is -2.31. The van der Waals surface area contributed by atoms with Crippen LogP contribution in [0.2, 0.25) is 0 Å². The minimum absolute atomic E-state index is 0. The summed E-state index contributed by atoms with van der Waals surface area (Å²) in [6.07, 6.45) is 1.95. The van der Waals surface area contributed by atoms with Gasteiger partial charge in [0.15, 0.2) is 5.96 Å². The number of unbranched alkanes of at least 4 members (excludes halogenated alkanes) is 1. The van der Waals surface area contributed by atoms with Crippen molar-refractivity contribution in [2.24, 2.45) is 4.99 Å². The van der Waals surface area contributed by atoms with Crippen LogP contribution in [-0.4, -0.2) is 67.4 Å². The minimum atomic E-state index is 0. The molecular formula is C20H36IN5O2. The van der Waals surface area contributed by atoms with Gasteiger partial charge in [0.1, 0.15) is 0 Å². The van der Waals surface area contributed by atoms with Crippen LogP contribution in [-0.2, 0) is 11.3 Å². The van der Waals surface area contributed by atoms with Gasteiger partial charge in [0.25, 0.3) is 5.56 Å². The molecule has 8 heteroatoms. The Balaban J connectivity index is 0.00000392. The molecule has 1 unspecified atom stereocenters. The quantitative estimate of drug-likeness (QED) is 0.232. The Morgan fingerprint density at radius 2 is 2.00 bits per heavy atom. The summed E-state index contributed by atoms with van der Waals surface area (Å²) in [5, 5.41) is 6.71. The summed E-state index contributed by atoms with van der Waals surface area (Å²) in [7, 11) is 0. The van der Waals surface area contributed by atoms with Gasteiger partial charge in [-0.05, 0) is 39.7 Å². The van der Waals surface area contributed by atoms with Crippen LogP contribution in [0.3, 0.4) is 0 Å². The van der Waals surface area contributed by atoms with Crippen LogP contribution in [0.4, 0.5) is 0 Å². The molecule has 2 heterocycles. The molecule has 1 aromatic rings. The fraction of sp³-hybridized carbons (Fsp3) is 0.700. The average Bonchev–Trinajstić information content (AvgIpc) is 2.68. The van der Waals surface area contributed by atoms with E-state index in [0.29, 0.717) is 6.04 Å². The number of aromatic nitrogens is 1. The summed E-state index contributed by atoms with van der Waals surface area (Å²) < 4.78 is 7.25. The number of guanidine groups is 1.